The predicted molar refractivity (Wildman–Crippen MR) is 85.1 cm³/mol. The normalized spacial score (nSPS) is 16.1. The summed E-state index contributed by atoms with van der Waals surface area (Å²) >= 11 is 0. The topological polar surface area (TPSA) is 21.3 Å². The van der Waals surface area contributed by atoms with E-state index in [0.29, 0.717) is 6.04 Å². The maximum atomic E-state index is 5.73. The molecule has 1 fully saturated rings. The molecule has 0 aromatic heterocycles. The highest BCUT2D eigenvalue weighted by Gasteiger charge is 2.23. The summed E-state index contributed by atoms with van der Waals surface area (Å²) < 4.78 is 5.73. The van der Waals surface area contributed by atoms with Crippen molar-refractivity contribution in [3.8, 4) is 5.75 Å². The first kappa shape index (κ1) is 15.4. The Hall–Kier alpha value is -1.02. The monoisotopic (exact) mass is 275 g/mol. The highest BCUT2D eigenvalue weighted by molar-refractivity contribution is 5.27. The zero-order valence-corrected chi connectivity index (χ0v) is 13.0. The highest BCUT2D eigenvalue weighted by atomic mass is 16.5. The minimum atomic E-state index is 0.632. The van der Waals surface area contributed by atoms with E-state index >= 15 is 0 Å². The Morgan fingerprint density at radius 3 is 2.60 bits per heavy atom. The fourth-order valence-electron chi connectivity index (χ4n) is 2.47. The van der Waals surface area contributed by atoms with Crippen LogP contribution in [-0.4, -0.2) is 12.6 Å². The molecule has 0 aliphatic heterocycles. The van der Waals surface area contributed by atoms with Crippen molar-refractivity contribution in [2.45, 2.75) is 65.0 Å². The highest BCUT2D eigenvalue weighted by Crippen LogP contribution is 2.33. The number of benzene rings is 1. The Balaban J connectivity index is 1.65. The van der Waals surface area contributed by atoms with Gasteiger partial charge in [-0.05, 0) is 43.4 Å². The lowest BCUT2D eigenvalue weighted by Gasteiger charge is -2.13. The van der Waals surface area contributed by atoms with Crippen molar-refractivity contribution in [3.05, 3.63) is 29.8 Å². The molecule has 1 N–H and O–H groups in total. The van der Waals surface area contributed by atoms with Gasteiger partial charge in [-0.3, -0.25) is 0 Å². The van der Waals surface area contributed by atoms with Crippen LogP contribution in [0.4, 0.5) is 0 Å². The summed E-state index contributed by atoms with van der Waals surface area (Å²) in [6, 6.07) is 9.16. The molecule has 2 nitrogen and oxygen atoms in total. The molecule has 0 radical (unpaired) electrons. The molecule has 1 unspecified atom stereocenters. The van der Waals surface area contributed by atoms with E-state index < -0.39 is 0 Å². The van der Waals surface area contributed by atoms with Crippen LogP contribution in [0.1, 0.15) is 57.9 Å². The van der Waals surface area contributed by atoms with Crippen LogP contribution in [0.3, 0.4) is 0 Å². The Morgan fingerprint density at radius 2 is 1.95 bits per heavy atom. The van der Waals surface area contributed by atoms with Crippen LogP contribution in [0, 0.1) is 5.92 Å². The molecule has 1 aliphatic carbocycles. The van der Waals surface area contributed by atoms with Gasteiger partial charge in [-0.2, -0.15) is 0 Å². The first-order valence-electron chi connectivity index (χ1n) is 8.23. The molecule has 20 heavy (non-hydrogen) atoms. The second kappa shape index (κ2) is 8.31. The number of unbranched alkanes of at least 4 members (excludes halogenated alkanes) is 2. The lowest BCUT2D eigenvalue weighted by molar-refractivity contribution is 0.306. The largest absolute Gasteiger partial charge is 0.494 e. The van der Waals surface area contributed by atoms with Gasteiger partial charge in [0.1, 0.15) is 5.75 Å². The molecule has 1 saturated carbocycles. The smallest absolute Gasteiger partial charge is 0.119 e. The lowest BCUT2D eigenvalue weighted by Crippen LogP contribution is -2.25. The van der Waals surface area contributed by atoms with Crippen LogP contribution in [0.15, 0.2) is 24.3 Å². The zero-order chi connectivity index (χ0) is 14.2. The molecule has 112 valence electrons. The maximum Gasteiger partial charge on any atom is 0.119 e. The summed E-state index contributed by atoms with van der Waals surface area (Å²) in [5, 5.41) is 3.61. The van der Waals surface area contributed by atoms with Crippen molar-refractivity contribution in [3.63, 3.8) is 0 Å². The average molecular weight is 275 g/mol. The SMILES string of the molecule is CCCCCOc1ccc(CNC(C)CC2CC2)cc1. The van der Waals surface area contributed by atoms with Crippen LogP contribution < -0.4 is 10.1 Å². The van der Waals surface area contributed by atoms with Gasteiger partial charge in [-0.1, -0.05) is 44.7 Å². The number of nitrogens with one attached hydrogen (secondary N) is 1. The minimum Gasteiger partial charge on any atom is -0.494 e. The Kier molecular flexibility index (Phi) is 6.38. The van der Waals surface area contributed by atoms with Crippen molar-refractivity contribution in [1.82, 2.24) is 5.32 Å². The average Bonchev–Trinajstić information content (AvgIpc) is 3.26. The van der Waals surface area contributed by atoms with Crippen molar-refractivity contribution >= 4 is 0 Å². The van der Waals surface area contributed by atoms with Gasteiger partial charge in [0.25, 0.3) is 0 Å². The zero-order valence-electron chi connectivity index (χ0n) is 13.0. The van der Waals surface area contributed by atoms with Crippen LogP contribution in [0.5, 0.6) is 5.75 Å². The van der Waals surface area contributed by atoms with E-state index in [9.17, 15) is 0 Å². The molecule has 1 atom stereocenters. The Labute approximate surface area is 123 Å². The summed E-state index contributed by atoms with van der Waals surface area (Å²) in [7, 11) is 0. The van der Waals surface area contributed by atoms with Gasteiger partial charge in [-0.25, -0.2) is 0 Å². The second-order valence-corrected chi connectivity index (χ2v) is 6.16. The molecule has 0 amide bonds. The number of hydrogen-bond acceptors (Lipinski definition) is 2. The van der Waals surface area contributed by atoms with Crippen LogP contribution in [0.2, 0.25) is 0 Å². The molecule has 2 rings (SSSR count). The number of hydrogen-bond donors (Lipinski definition) is 1. The van der Waals surface area contributed by atoms with E-state index in [1.165, 1.54) is 37.7 Å². The quantitative estimate of drug-likeness (QED) is 0.633. The first-order chi connectivity index (χ1) is 9.78. The molecule has 1 aromatic carbocycles. The van der Waals surface area contributed by atoms with E-state index in [0.717, 1.165) is 31.2 Å². The fraction of sp³-hybridized carbons (Fsp3) is 0.667. The first-order valence-corrected chi connectivity index (χ1v) is 8.23. The molecular formula is C18H29NO. The van der Waals surface area contributed by atoms with E-state index in [1.54, 1.807) is 0 Å². The van der Waals surface area contributed by atoms with Gasteiger partial charge >= 0.3 is 0 Å². The summed E-state index contributed by atoms with van der Waals surface area (Å²) in [4.78, 5) is 0. The minimum absolute atomic E-state index is 0.632. The third-order valence-corrected chi connectivity index (χ3v) is 3.98. The third kappa shape index (κ3) is 5.96. The molecule has 0 heterocycles. The van der Waals surface area contributed by atoms with E-state index in [2.05, 4.69) is 43.4 Å². The van der Waals surface area contributed by atoms with E-state index in [-0.39, 0.29) is 0 Å². The van der Waals surface area contributed by atoms with Gasteiger partial charge in [0.05, 0.1) is 6.61 Å². The Bertz CT molecular complexity index is 370. The number of rotatable bonds is 10. The van der Waals surface area contributed by atoms with Crippen molar-refractivity contribution < 1.29 is 4.74 Å². The second-order valence-electron chi connectivity index (χ2n) is 6.16. The van der Waals surface area contributed by atoms with Gasteiger partial charge < -0.3 is 10.1 Å². The summed E-state index contributed by atoms with van der Waals surface area (Å²) in [5.74, 6) is 1.99. The third-order valence-electron chi connectivity index (χ3n) is 3.98. The Morgan fingerprint density at radius 1 is 1.20 bits per heavy atom. The van der Waals surface area contributed by atoms with Crippen molar-refractivity contribution in [1.29, 1.82) is 0 Å². The molecule has 0 saturated heterocycles. The maximum absolute atomic E-state index is 5.73. The molecule has 1 aromatic rings. The molecule has 1 aliphatic rings. The fourth-order valence-corrected chi connectivity index (χ4v) is 2.47. The molecule has 2 heteroatoms. The van der Waals surface area contributed by atoms with Gasteiger partial charge in [0.2, 0.25) is 0 Å². The van der Waals surface area contributed by atoms with Crippen LogP contribution in [-0.2, 0) is 6.54 Å². The summed E-state index contributed by atoms with van der Waals surface area (Å²) in [5.41, 5.74) is 1.34. The summed E-state index contributed by atoms with van der Waals surface area (Å²) in [6.07, 6.45) is 7.86. The van der Waals surface area contributed by atoms with Crippen LogP contribution in [0.25, 0.3) is 0 Å². The van der Waals surface area contributed by atoms with Crippen molar-refractivity contribution in [2.24, 2.45) is 5.92 Å². The van der Waals surface area contributed by atoms with Crippen molar-refractivity contribution in [2.75, 3.05) is 6.61 Å². The van der Waals surface area contributed by atoms with E-state index in [4.69, 9.17) is 4.74 Å². The van der Waals surface area contributed by atoms with Gasteiger partial charge in [0, 0.05) is 12.6 Å². The predicted octanol–water partition coefficient (Wildman–Crippen LogP) is 4.53. The standard InChI is InChI=1S/C18H29NO/c1-3-4-5-12-20-18-10-8-17(9-11-18)14-19-15(2)13-16-6-7-16/h8-11,15-16,19H,3-7,12-14H2,1-2H3. The molecule has 0 bridgehead atoms. The van der Waals surface area contributed by atoms with E-state index in [1.807, 2.05) is 0 Å². The number of ether oxygens (including phenoxy) is 1. The summed E-state index contributed by atoms with van der Waals surface area (Å²) in [6.45, 7) is 6.31. The van der Waals surface area contributed by atoms with Gasteiger partial charge in [-0.15, -0.1) is 0 Å². The molecular weight excluding hydrogens is 246 g/mol. The lowest BCUT2D eigenvalue weighted by atomic mass is 10.1. The van der Waals surface area contributed by atoms with Crippen LogP contribution >= 0.6 is 0 Å². The van der Waals surface area contributed by atoms with Gasteiger partial charge in [0.15, 0.2) is 0 Å². The molecule has 0 spiro atoms.